The summed E-state index contributed by atoms with van der Waals surface area (Å²) < 4.78 is 30.7. The van der Waals surface area contributed by atoms with E-state index in [1.807, 2.05) is 24.3 Å². The smallest absolute Gasteiger partial charge is 0.178 e. The number of aromatic nitrogens is 7. The normalized spacial score (nSPS) is 11.5. The lowest BCUT2D eigenvalue weighted by molar-refractivity contribution is 0.631. The van der Waals surface area contributed by atoms with E-state index in [0.717, 1.165) is 5.56 Å². The van der Waals surface area contributed by atoms with Crippen molar-refractivity contribution in [3.63, 3.8) is 0 Å². The van der Waals surface area contributed by atoms with Crippen molar-refractivity contribution in [3.05, 3.63) is 114 Å². The molecule has 0 unspecified atom stereocenters. The fourth-order valence-corrected chi connectivity index (χ4v) is 4.94. The highest BCUT2D eigenvalue weighted by Crippen LogP contribution is 2.34. The van der Waals surface area contributed by atoms with Crippen LogP contribution in [0.3, 0.4) is 0 Å². The summed E-state index contributed by atoms with van der Waals surface area (Å²) in [7, 11) is 0. The summed E-state index contributed by atoms with van der Waals surface area (Å²) in [6.07, 6.45) is 6.43. The Kier molecular flexibility index (Phi) is 6.21. The van der Waals surface area contributed by atoms with Crippen LogP contribution in [0.5, 0.6) is 0 Å². The lowest BCUT2D eigenvalue weighted by Gasteiger charge is -2.08. The van der Waals surface area contributed by atoms with Gasteiger partial charge in [0, 0.05) is 48.4 Å². The van der Waals surface area contributed by atoms with Crippen molar-refractivity contribution in [2.24, 2.45) is 0 Å². The Bertz CT molecular complexity index is 2020. The predicted molar refractivity (Wildman–Crippen MR) is 152 cm³/mol. The summed E-state index contributed by atoms with van der Waals surface area (Å²) in [5.41, 5.74) is 5.35. The van der Waals surface area contributed by atoms with Crippen LogP contribution in [0, 0.1) is 11.6 Å². The summed E-state index contributed by atoms with van der Waals surface area (Å²) in [5, 5.41) is 10.8. The molecule has 0 saturated carbocycles. The number of fused-ring (bicyclic) bond motifs is 2. The first-order valence-electron chi connectivity index (χ1n) is 13.0. The molecule has 2 aromatic carbocycles. The first-order valence-corrected chi connectivity index (χ1v) is 13.0. The third-order valence-corrected chi connectivity index (χ3v) is 6.89. The Labute approximate surface area is 232 Å². The average Bonchev–Trinajstić information content (AvgIpc) is 3.63. The molecule has 0 saturated heterocycles. The molecule has 7 aromatic rings. The van der Waals surface area contributed by atoms with E-state index in [4.69, 9.17) is 0 Å². The number of hydrogen-bond acceptors (Lipinski definition) is 6. The van der Waals surface area contributed by atoms with Gasteiger partial charge in [0.15, 0.2) is 17.3 Å². The fraction of sp³-hybridized carbons (Fsp3) is 0.0645. The number of pyridine rings is 3. The van der Waals surface area contributed by atoms with Crippen molar-refractivity contribution in [1.82, 2.24) is 40.4 Å². The van der Waals surface area contributed by atoms with Crippen molar-refractivity contribution in [2.75, 3.05) is 0 Å². The highest BCUT2D eigenvalue weighted by atomic mass is 19.1. The molecule has 0 aliphatic heterocycles. The van der Waals surface area contributed by atoms with Gasteiger partial charge in [0.1, 0.15) is 17.2 Å². The van der Waals surface area contributed by atoms with E-state index in [-0.39, 0.29) is 22.6 Å². The van der Waals surface area contributed by atoms with Gasteiger partial charge in [0.25, 0.3) is 0 Å². The number of imidazole rings is 1. The topological polar surface area (TPSA) is 108 Å². The van der Waals surface area contributed by atoms with Crippen molar-refractivity contribution in [1.29, 1.82) is 0 Å². The highest BCUT2D eigenvalue weighted by molar-refractivity contribution is 5.97. The molecule has 0 bridgehead atoms. The van der Waals surface area contributed by atoms with Crippen LogP contribution >= 0.6 is 0 Å². The minimum atomic E-state index is -0.551. The third-order valence-electron chi connectivity index (χ3n) is 6.89. The summed E-state index contributed by atoms with van der Waals surface area (Å²) in [5.74, 6) is -0.616. The molecule has 41 heavy (non-hydrogen) atoms. The maximum absolute atomic E-state index is 16.1. The van der Waals surface area contributed by atoms with Crippen molar-refractivity contribution in [2.45, 2.75) is 13.1 Å². The van der Waals surface area contributed by atoms with Gasteiger partial charge in [0.05, 0.1) is 22.6 Å². The Balaban J connectivity index is 1.24. The predicted octanol–water partition coefficient (Wildman–Crippen LogP) is 6.19. The molecule has 8 nitrogen and oxygen atoms in total. The van der Waals surface area contributed by atoms with Gasteiger partial charge in [-0.05, 0) is 29.3 Å². The minimum Gasteiger partial charge on any atom is -0.335 e. The highest BCUT2D eigenvalue weighted by Gasteiger charge is 2.22. The monoisotopic (exact) mass is 544 g/mol. The van der Waals surface area contributed by atoms with E-state index in [2.05, 4.69) is 52.6 Å². The maximum atomic E-state index is 16.1. The number of halogens is 2. The number of rotatable bonds is 7. The summed E-state index contributed by atoms with van der Waals surface area (Å²) in [6, 6.07) is 20.1. The zero-order valence-corrected chi connectivity index (χ0v) is 21.6. The number of nitrogens with one attached hydrogen (secondary N) is 3. The molecule has 0 amide bonds. The molecule has 200 valence electrons. The quantitative estimate of drug-likeness (QED) is 0.221. The Morgan fingerprint density at radius 2 is 1.61 bits per heavy atom. The van der Waals surface area contributed by atoms with Gasteiger partial charge >= 0.3 is 0 Å². The number of H-pyrrole nitrogens is 2. The van der Waals surface area contributed by atoms with E-state index in [1.54, 1.807) is 42.9 Å². The van der Waals surface area contributed by atoms with Gasteiger partial charge in [-0.3, -0.25) is 15.1 Å². The van der Waals surface area contributed by atoms with Crippen LogP contribution in [-0.2, 0) is 13.1 Å². The van der Waals surface area contributed by atoms with Crippen LogP contribution in [0.15, 0.2) is 91.5 Å². The summed E-state index contributed by atoms with van der Waals surface area (Å²) >= 11 is 0. The second-order valence-corrected chi connectivity index (χ2v) is 9.58. The molecule has 0 fully saturated rings. The van der Waals surface area contributed by atoms with Crippen molar-refractivity contribution in [3.8, 4) is 33.9 Å². The van der Waals surface area contributed by atoms with Crippen LogP contribution in [-0.4, -0.2) is 35.1 Å². The molecule has 3 N–H and O–H groups in total. The van der Waals surface area contributed by atoms with E-state index < -0.39 is 5.82 Å². The third kappa shape index (κ3) is 4.60. The van der Waals surface area contributed by atoms with Gasteiger partial charge in [0.2, 0.25) is 0 Å². The van der Waals surface area contributed by atoms with E-state index >= 15 is 4.39 Å². The molecule has 0 spiro atoms. The molecule has 7 rings (SSSR count). The van der Waals surface area contributed by atoms with Crippen molar-refractivity contribution >= 4 is 22.1 Å². The zero-order chi connectivity index (χ0) is 27.8. The minimum absolute atomic E-state index is 0.152. The molecule has 5 heterocycles. The Hall–Kier alpha value is -5.35. The summed E-state index contributed by atoms with van der Waals surface area (Å²) in [4.78, 5) is 20.8. The standard InChI is InChI=1S/C31H22F2N8/c32-23-9-5-4-8-21(23)22-10-11-36-30-28(22)38-31(39-30)29-25-24(40-41-29)17-37-27(26(25)33)20-12-19(15-35-16-20)14-34-13-18-6-2-1-3-7-18/h1-12,15-17,34H,13-14H2,(H,40,41)(H,36,38,39). The van der Waals surface area contributed by atoms with E-state index in [9.17, 15) is 4.39 Å². The molecule has 10 heteroatoms. The molecule has 0 aliphatic carbocycles. The number of aromatic amines is 2. The average molecular weight is 545 g/mol. The SMILES string of the molecule is Fc1ccccc1-c1ccnc2nc(-c3n[nH]c4cnc(-c5cncc(CNCc6ccccc6)c5)c(F)c34)[nH]c12. The molecular formula is C31H22F2N8. The Morgan fingerprint density at radius 1 is 0.780 bits per heavy atom. The van der Waals surface area contributed by atoms with Gasteiger partial charge in [-0.15, -0.1) is 0 Å². The second-order valence-electron chi connectivity index (χ2n) is 9.58. The van der Waals surface area contributed by atoms with Crippen LogP contribution < -0.4 is 5.32 Å². The van der Waals surface area contributed by atoms with Gasteiger partial charge in [-0.1, -0.05) is 48.5 Å². The van der Waals surface area contributed by atoms with Crippen LogP contribution in [0.25, 0.3) is 56.0 Å². The number of benzene rings is 2. The Morgan fingerprint density at radius 3 is 2.49 bits per heavy atom. The first kappa shape index (κ1) is 24.7. The summed E-state index contributed by atoms with van der Waals surface area (Å²) in [6.45, 7) is 1.26. The fourth-order valence-electron chi connectivity index (χ4n) is 4.94. The van der Waals surface area contributed by atoms with Gasteiger partial charge < -0.3 is 10.3 Å². The molecule has 0 radical (unpaired) electrons. The molecular weight excluding hydrogens is 522 g/mol. The van der Waals surface area contributed by atoms with Gasteiger partial charge in [-0.2, -0.15) is 5.10 Å². The maximum Gasteiger partial charge on any atom is 0.178 e. The van der Waals surface area contributed by atoms with Crippen LogP contribution in [0.2, 0.25) is 0 Å². The lowest BCUT2D eigenvalue weighted by Crippen LogP contribution is -2.12. The molecule has 0 aliphatic rings. The lowest BCUT2D eigenvalue weighted by atomic mass is 10.1. The second kappa shape index (κ2) is 10.3. The number of nitrogens with zero attached hydrogens (tertiary/aromatic N) is 5. The van der Waals surface area contributed by atoms with Crippen LogP contribution in [0.4, 0.5) is 8.78 Å². The largest absolute Gasteiger partial charge is 0.335 e. The van der Waals surface area contributed by atoms with Crippen molar-refractivity contribution < 1.29 is 8.78 Å². The molecule has 5 aromatic heterocycles. The first-order chi connectivity index (χ1) is 20.2. The van der Waals surface area contributed by atoms with Crippen LogP contribution in [0.1, 0.15) is 11.1 Å². The zero-order valence-electron chi connectivity index (χ0n) is 21.6. The van der Waals surface area contributed by atoms with Gasteiger partial charge in [-0.25, -0.2) is 18.7 Å². The molecule has 0 atom stereocenters. The number of hydrogen-bond donors (Lipinski definition) is 3. The van der Waals surface area contributed by atoms with E-state index in [0.29, 0.717) is 52.3 Å². The van der Waals surface area contributed by atoms with E-state index in [1.165, 1.54) is 17.8 Å².